The quantitative estimate of drug-likeness (QED) is 0.832. The van der Waals surface area contributed by atoms with Crippen LogP contribution in [0.25, 0.3) is 0 Å². The molecule has 0 bridgehead atoms. The normalized spacial score (nSPS) is 23.8. The number of amides is 2. The largest absolute Gasteiger partial charge is 0.364 e. The maximum absolute atomic E-state index is 12.0. The minimum atomic E-state index is -0.527. The average Bonchev–Trinajstić information content (AvgIpc) is 3.21. The van der Waals surface area contributed by atoms with Gasteiger partial charge in [0, 0.05) is 44.7 Å². The summed E-state index contributed by atoms with van der Waals surface area (Å²) in [6.45, 7) is 8.93. The second-order valence-electron chi connectivity index (χ2n) is 8.07. The van der Waals surface area contributed by atoms with Crippen molar-refractivity contribution in [3.8, 4) is 0 Å². The van der Waals surface area contributed by atoms with Crippen LogP contribution in [0.15, 0.2) is 10.6 Å². The SMILES string of the molecule is CC1CCN(CC(=O)N2CCN(C)CC2)C1.NC(=O)c1cc(C2CC2)on1. The van der Waals surface area contributed by atoms with E-state index in [1.165, 1.54) is 6.42 Å². The summed E-state index contributed by atoms with van der Waals surface area (Å²) < 4.78 is 4.90. The number of nitrogens with two attached hydrogens (primary N) is 1. The third kappa shape index (κ3) is 5.77. The molecule has 2 aliphatic heterocycles. The molecular formula is C19H31N5O3. The van der Waals surface area contributed by atoms with E-state index in [1.807, 2.05) is 4.90 Å². The number of likely N-dealkylation sites (tertiary alicyclic amines) is 1. The smallest absolute Gasteiger partial charge is 0.270 e. The van der Waals surface area contributed by atoms with Crippen LogP contribution in [0.4, 0.5) is 0 Å². The van der Waals surface area contributed by atoms with Crippen molar-refractivity contribution < 1.29 is 14.1 Å². The molecule has 0 spiro atoms. The molecule has 27 heavy (non-hydrogen) atoms. The van der Waals surface area contributed by atoms with Gasteiger partial charge in [-0.15, -0.1) is 0 Å². The second-order valence-corrected chi connectivity index (χ2v) is 8.07. The lowest BCUT2D eigenvalue weighted by Crippen LogP contribution is -2.49. The van der Waals surface area contributed by atoms with E-state index in [0.29, 0.717) is 18.4 Å². The molecule has 0 aromatic carbocycles. The van der Waals surface area contributed by atoms with Crippen molar-refractivity contribution in [1.29, 1.82) is 0 Å². The van der Waals surface area contributed by atoms with Crippen molar-refractivity contribution >= 4 is 11.8 Å². The summed E-state index contributed by atoms with van der Waals surface area (Å²) in [4.78, 5) is 29.2. The number of carbonyl (C=O) groups is 2. The summed E-state index contributed by atoms with van der Waals surface area (Å²) >= 11 is 0. The van der Waals surface area contributed by atoms with E-state index in [0.717, 1.165) is 63.8 Å². The van der Waals surface area contributed by atoms with Crippen molar-refractivity contribution in [2.75, 3.05) is 52.9 Å². The first-order valence-electron chi connectivity index (χ1n) is 9.87. The lowest BCUT2D eigenvalue weighted by molar-refractivity contribution is -0.133. The highest BCUT2D eigenvalue weighted by atomic mass is 16.5. The monoisotopic (exact) mass is 377 g/mol. The van der Waals surface area contributed by atoms with Gasteiger partial charge in [-0.3, -0.25) is 14.5 Å². The summed E-state index contributed by atoms with van der Waals surface area (Å²) in [5.41, 5.74) is 5.21. The molecule has 150 valence electrons. The predicted molar refractivity (Wildman–Crippen MR) is 101 cm³/mol. The van der Waals surface area contributed by atoms with Crippen LogP contribution in [0, 0.1) is 5.92 Å². The Morgan fingerprint density at radius 3 is 2.41 bits per heavy atom. The van der Waals surface area contributed by atoms with E-state index in [9.17, 15) is 9.59 Å². The van der Waals surface area contributed by atoms with Crippen LogP contribution >= 0.6 is 0 Å². The standard InChI is InChI=1S/C12H23N3O.C7H8N2O2/c1-11-3-4-14(9-11)10-12(16)15-7-5-13(2)6-8-15;8-7(10)5-3-6(11-9-5)4-1-2-4/h11H,3-10H2,1-2H3;3-4H,1-2H2,(H2,8,10). The Morgan fingerprint density at radius 1 is 1.19 bits per heavy atom. The lowest BCUT2D eigenvalue weighted by atomic mass is 10.2. The van der Waals surface area contributed by atoms with Gasteiger partial charge in [-0.05, 0) is 38.8 Å². The Kier molecular flexibility index (Phi) is 6.49. The summed E-state index contributed by atoms with van der Waals surface area (Å²) in [7, 11) is 2.12. The Labute approximate surface area is 160 Å². The minimum absolute atomic E-state index is 0.229. The third-order valence-corrected chi connectivity index (χ3v) is 5.48. The molecule has 2 saturated heterocycles. The summed E-state index contributed by atoms with van der Waals surface area (Å²) in [6.07, 6.45) is 3.51. The third-order valence-electron chi connectivity index (χ3n) is 5.48. The van der Waals surface area contributed by atoms with Gasteiger partial charge in [-0.25, -0.2) is 0 Å². The number of piperazine rings is 1. The second kappa shape index (κ2) is 8.84. The average molecular weight is 377 g/mol. The number of primary amides is 1. The Balaban J connectivity index is 0.000000166. The zero-order valence-electron chi connectivity index (χ0n) is 16.4. The van der Waals surface area contributed by atoms with Crippen LogP contribution in [-0.2, 0) is 4.79 Å². The maximum atomic E-state index is 12.0. The van der Waals surface area contributed by atoms with Gasteiger partial charge < -0.3 is 20.1 Å². The zero-order chi connectivity index (χ0) is 19.4. The van der Waals surface area contributed by atoms with Gasteiger partial charge in [0.05, 0.1) is 6.54 Å². The molecule has 8 heteroatoms. The fourth-order valence-corrected chi connectivity index (χ4v) is 3.48. The fraction of sp³-hybridized carbons (Fsp3) is 0.737. The van der Waals surface area contributed by atoms with Gasteiger partial charge in [0.15, 0.2) is 5.69 Å². The molecule has 0 radical (unpaired) electrons. The minimum Gasteiger partial charge on any atom is -0.364 e. The number of hydrogen-bond donors (Lipinski definition) is 1. The van der Waals surface area contributed by atoms with Gasteiger partial charge in [0.2, 0.25) is 5.91 Å². The van der Waals surface area contributed by atoms with E-state index in [1.54, 1.807) is 6.07 Å². The van der Waals surface area contributed by atoms with Crippen molar-refractivity contribution in [2.24, 2.45) is 11.7 Å². The molecule has 3 fully saturated rings. The maximum Gasteiger partial charge on any atom is 0.270 e. The molecule has 1 aliphatic carbocycles. The number of likely N-dealkylation sites (N-methyl/N-ethyl adjacent to an activating group) is 1. The van der Waals surface area contributed by atoms with Crippen LogP contribution in [0.3, 0.4) is 0 Å². The van der Waals surface area contributed by atoms with Crippen molar-refractivity contribution in [1.82, 2.24) is 19.9 Å². The Hall–Kier alpha value is -1.93. The van der Waals surface area contributed by atoms with Gasteiger partial charge in [0.25, 0.3) is 5.91 Å². The van der Waals surface area contributed by atoms with Gasteiger partial charge >= 0.3 is 0 Å². The number of hydrogen-bond acceptors (Lipinski definition) is 6. The van der Waals surface area contributed by atoms with Crippen LogP contribution in [-0.4, -0.2) is 84.5 Å². The summed E-state index contributed by atoms with van der Waals surface area (Å²) in [6, 6.07) is 1.62. The van der Waals surface area contributed by atoms with Crippen molar-refractivity contribution in [3.05, 3.63) is 17.5 Å². The number of aromatic nitrogens is 1. The van der Waals surface area contributed by atoms with E-state index < -0.39 is 5.91 Å². The highest BCUT2D eigenvalue weighted by molar-refractivity contribution is 5.90. The molecule has 1 saturated carbocycles. The molecule has 8 nitrogen and oxygen atoms in total. The molecular weight excluding hydrogens is 346 g/mol. The Morgan fingerprint density at radius 2 is 1.89 bits per heavy atom. The first-order chi connectivity index (χ1) is 12.9. The van der Waals surface area contributed by atoms with Crippen LogP contribution in [0.2, 0.25) is 0 Å². The zero-order valence-corrected chi connectivity index (χ0v) is 16.4. The first kappa shape index (κ1) is 19.8. The van der Waals surface area contributed by atoms with Crippen LogP contribution in [0.5, 0.6) is 0 Å². The molecule has 1 aromatic rings. The van der Waals surface area contributed by atoms with Gasteiger partial charge in [0.1, 0.15) is 5.76 Å². The molecule has 4 rings (SSSR count). The summed E-state index contributed by atoms with van der Waals surface area (Å²) in [5.74, 6) is 1.83. The molecule has 1 atom stereocenters. The molecule has 2 amide bonds. The van der Waals surface area contributed by atoms with Gasteiger partial charge in [-0.1, -0.05) is 12.1 Å². The van der Waals surface area contributed by atoms with Crippen molar-refractivity contribution in [2.45, 2.75) is 32.1 Å². The topological polar surface area (TPSA) is 95.9 Å². The molecule has 2 N–H and O–H groups in total. The Bertz CT molecular complexity index is 650. The first-order valence-corrected chi connectivity index (χ1v) is 9.87. The van der Waals surface area contributed by atoms with Crippen molar-refractivity contribution in [3.63, 3.8) is 0 Å². The fourth-order valence-electron chi connectivity index (χ4n) is 3.48. The van der Waals surface area contributed by atoms with Crippen LogP contribution in [0.1, 0.15) is 48.4 Å². The van der Waals surface area contributed by atoms with E-state index in [2.05, 4.69) is 28.9 Å². The van der Waals surface area contributed by atoms with E-state index in [-0.39, 0.29) is 5.69 Å². The van der Waals surface area contributed by atoms with Gasteiger partial charge in [-0.2, -0.15) is 0 Å². The number of carbonyl (C=O) groups excluding carboxylic acids is 2. The highest BCUT2D eigenvalue weighted by Crippen LogP contribution is 2.40. The molecule has 3 heterocycles. The van der Waals surface area contributed by atoms with Crippen LogP contribution < -0.4 is 5.73 Å². The van der Waals surface area contributed by atoms with E-state index >= 15 is 0 Å². The number of rotatable bonds is 4. The molecule has 1 unspecified atom stereocenters. The van der Waals surface area contributed by atoms with E-state index in [4.69, 9.17) is 10.3 Å². The highest BCUT2D eigenvalue weighted by Gasteiger charge is 2.28. The molecule has 3 aliphatic rings. The number of nitrogens with zero attached hydrogens (tertiary/aromatic N) is 4. The molecule has 1 aromatic heterocycles. The lowest BCUT2D eigenvalue weighted by Gasteiger charge is -2.33. The summed E-state index contributed by atoms with van der Waals surface area (Å²) in [5, 5.41) is 3.53. The predicted octanol–water partition coefficient (Wildman–Crippen LogP) is 0.753.